The maximum absolute atomic E-state index is 4.84. The highest BCUT2D eigenvalue weighted by atomic mass is 79.9. The monoisotopic (exact) mass is 391 g/mol. The molecule has 128 valence electrons. The third-order valence-electron chi connectivity index (χ3n) is 3.96. The van der Waals surface area contributed by atoms with E-state index in [0.717, 1.165) is 42.2 Å². The number of halogens is 1. The second-order valence-electron chi connectivity index (χ2n) is 5.74. The highest BCUT2D eigenvalue weighted by molar-refractivity contribution is 9.10. The van der Waals surface area contributed by atoms with Crippen LogP contribution in [0.15, 0.2) is 50.6 Å². The Labute approximate surface area is 150 Å². The highest BCUT2D eigenvalue weighted by Gasteiger charge is 2.23. The minimum atomic E-state index is 0.378. The number of hydrogen-bond acceptors (Lipinski definition) is 4. The quantitative estimate of drug-likeness (QED) is 0.605. The average Bonchev–Trinajstić information content (AvgIpc) is 3.25. The van der Waals surface area contributed by atoms with E-state index in [4.69, 9.17) is 4.52 Å². The van der Waals surface area contributed by atoms with Gasteiger partial charge in [0.25, 0.3) is 0 Å². The van der Waals surface area contributed by atoms with E-state index in [9.17, 15) is 0 Å². The molecule has 3 rings (SSSR count). The largest absolute Gasteiger partial charge is 0.369 e. The fourth-order valence-corrected chi connectivity index (χ4v) is 3.02. The number of anilines is 1. The second kappa shape index (κ2) is 8.19. The van der Waals surface area contributed by atoms with Crippen molar-refractivity contribution in [3.63, 3.8) is 0 Å². The first-order chi connectivity index (χ1) is 11.7. The lowest BCUT2D eigenvalue weighted by molar-refractivity contribution is 0.412. The molecule has 0 saturated carbocycles. The summed E-state index contributed by atoms with van der Waals surface area (Å²) in [5.74, 6) is 0.822. The molecule has 1 aliphatic rings. The average molecular weight is 392 g/mol. The number of benzene rings is 1. The normalized spacial score (nSPS) is 18.0. The Bertz CT molecular complexity index is 656. The minimum Gasteiger partial charge on any atom is -0.369 e. The molecule has 1 aliphatic heterocycles. The lowest BCUT2D eigenvalue weighted by Gasteiger charge is -2.20. The molecule has 2 heterocycles. The molecule has 0 radical (unpaired) electrons. The van der Waals surface area contributed by atoms with E-state index >= 15 is 0 Å². The second-order valence-corrected chi connectivity index (χ2v) is 6.65. The van der Waals surface area contributed by atoms with Crippen LogP contribution in [0.25, 0.3) is 0 Å². The fourth-order valence-electron chi connectivity index (χ4n) is 2.76. The maximum Gasteiger partial charge on any atom is 0.191 e. The summed E-state index contributed by atoms with van der Waals surface area (Å²) in [6.45, 7) is 5.41. The van der Waals surface area contributed by atoms with Crippen molar-refractivity contribution in [3.8, 4) is 0 Å². The lowest BCUT2D eigenvalue weighted by Crippen LogP contribution is -2.44. The van der Waals surface area contributed by atoms with E-state index in [1.807, 2.05) is 6.07 Å². The summed E-state index contributed by atoms with van der Waals surface area (Å²) in [4.78, 5) is 6.97. The molecule has 1 atom stereocenters. The zero-order valence-corrected chi connectivity index (χ0v) is 15.3. The number of rotatable bonds is 5. The van der Waals surface area contributed by atoms with Crippen LogP contribution in [0.1, 0.15) is 19.0 Å². The summed E-state index contributed by atoms with van der Waals surface area (Å²) in [6, 6.07) is 10.7. The van der Waals surface area contributed by atoms with Crippen LogP contribution in [0.3, 0.4) is 0 Å². The Morgan fingerprint density at radius 3 is 2.92 bits per heavy atom. The first-order valence-electron chi connectivity index (χ1n) is 8.19. The summed E-state index contributed by atoms with van der Waals surface area (Å²) in [5, 5.41) is 10.7. The van der Waals surface area contributed by atoms with Crippen molar-refractivity contribution < 1.29 is 4.52 Å². The minimum absolute atomic E-state index is 0.378. The first-order valence-corrected chi connectivity index (χ1v) is 8.98. The molecule has 1 aromatic carbocycles. The van der Waals surface area contributed by atoms with Gasteiger partial charge in [-0.1, -0.05) is 21.1 Å². The predicted octanol–water partition coefficient (Wildman–Crippen LogP) is 2.77. The fraction of sp³-hybridized carbons (Fsp3) is 0.412. The van der Waals surface area contributed by atoms with Gasteiger partial charge in [0, 0.05) is 41.9 Å². The van der Waals surface area contributed by atoms with Crippen molar-refractivity contribution in [1.82, 2.24) is 15.8 Å². The highest BCUT2D eigenvalue weighted by Crippen LogP contribution is 2.22. The van der Waals surface area contributed by atoms with Crippen LogP contribution in [0, 0.1) is 0 Å². The number of hydrogen-bond donors (Lipinski definition) is 2. The molecule has 7 heteroatoms. The standard InChI is InChI=1S/C17H22BrN5O/c1-2-19-17(20-11-14-8-10-24-22-14)21-15-7-9-23(12-15)16-5-3-13(18)4-6-16/h3-6,8,10,15H,2,7,9,11-12H2,1H3,(H2,19,20,21). The van der Waals surface area contributed by atoms with Crippen LogP contribution in [-0.4, -0.2) is 36.8 Å². The molecule has 1 saturated heterocycles. The molecule has 2 N–H and O–H groups in total. The van der Waals surface area contributed by atoms with Gasteiger partial charge in [0.2, 0.25) is 0 Å². The van der Waals surface area contributed by atoms with E-state index < -0.39 is 0 Å². The van der Waals surface area contributed by atoms with Crippen LogP contribution >= 0.6 is 15.9 Å². The Morgan fingerprint density at radius 1 is 1.38 bits per heavy atom. The predicted molar refractivity (Wildman–Crippen MR) is 99.2 cm³/mol. The van der Waals surface area contributed by atoms with Gasteiger partial charge in [0.1, 0.15) is 12.0 Å². The van der Waals surface area contributed by atoms with Crippen LogP contribution < -0.4 is 15.5 Å². The number of guanidine groups is 1. The molecule has 0 amide bonds. The van der Waals surface area contributed by atoms with Gasteiger partial charge in [-0.25, -0.2) is 4.99 Å². The van der Waals surface area contributed by atoms with Gasteiger partial charge in [0.05, 0.1) is 6.54 Å². The molecule has 1 aromatic heterocycles. The number of nitrogens with zero attached hydrogens (tertiary/aromatic N) is 3. The van der Waals surface area contributed by atoms with E-state index in [1.165, 1.54) is 5.69 Å². The number of aromatic nitrogens is 1. The Kier molecular flexibility index (Phi) is 5.74. The molecule has 0 spiro atoms. The van der Waals surface area contributed by atoms with Crippen LogP contribution in [0.4, 0.5) is 5.69 Å². The molecule has 24 heavy (non-hydrogen) atoms. The van der Waals surface area contributed by atoms with Gasteiger partial charge < -0.3 is 20.1 Å². The molecular weight excluding hydrogens is 370 g/mol. The number of nitrogens with one attached hydrogen (secondary N) is 2. The SMILES string of the molecule is CCNC(=NCc1ccon1)NC1CCN(c2ccc(Br)cc2)C1. The maximum atomic E-state index is 4.84. The Balaban J connectivity index is 1.57. The molecule has 0 aliphatic carbocycles. The zero-order chi connectivity index (χ0) is 16.8. The van der Waals surface area contributed by atoms with Crippen molar-refractivity contribution in [2.75, 3.05) is 24.5 Å². The summed E-state index contributed by atoms with van der Waals surface area (Å²) < 4.78 is 5.95. The van der Waals surface area contributed by atoms with Crippen molar-refractivity contribution in [3.05, 3.63) is 46.8 Å². The van der Waals surface area contributed by atoms with Gasteiger partial charge in [-0.05, 0) is 37.6 Å². The zero-order valence-electron chi connectivity index (χ0n) is 13.7. The number of aliphatic imine (C=N–C) groups is 1. The van der Waals surface area contributed by atoms with Crippen LogP contribution in [0.5, 0.6) is 0 Å². The smallest absolute Gasteiger partial charge is 0.191 e. The Hall–Kier alpha value is -2.02. The molecule has 6 nitrogen and oxygen atoms in total. The molecule has 1 fully saturated rings. The van der Waals surface area contributed by atoms with Gasteiger partial charge in [-0.3, -0.25) is 0 Å². The van der Waals surface area contributed by atoms with Crippen molar-refractivity contribution in [2.24, 2.45) is 4.99 Å². The van der Waals surface area contributed by atoms with Gasteiger partial charge in [-0.15, -0.1) is 0 Å². The summed E-state index contributed by atoms with van der Waals surface area (Å²) in [5.41, 5.74) is 2.09. The first kappa shape index (κ1) is 16.8. The third kappa shape index (κ3) is 4.50. The van der Waals surface area contributed by atoms with Crippen LogP contribution in [0.2, 0.25) is 0 Å². The molecule has 1 unspecified atom stereocenters. The van der Waals surface area contributed by atoms with Crippen molar-refractivity contribution in [2.45, 2.75) is 25.9 Å². The van der Waals surface area contributed by atoms with E-state index in [0.29, 0.717) is 12.6 Å². The molecular formula is C17H22BrN5O. The van der Waals surface area contributed by atoms with Gasteiger partial charge >= 0.3 is 0 Å². The van der Waals surface area contributed by atoms with Gasteiger partial charge in [-0.2, -0.15) is 0 Å². The van der Waals surface area contributed by atoms with Crippen molar-refractivity contribution >= 4 is 27.6 Å². The molecule has 0 bridgehead atoms. The topological polar surface area (TPSA) is 65.7 Å². The molecule has 2 aromatic rings. The lowest BCUT2D eigenvalue weighted by atomic mass is 10.3. The van der Waals surface area contributed by atoms with Crippen LogP contribution in [-0.2, 0) is 6.54 Å². The van der Waals surface area contributed by atoms with Gasteiger partial charge in [0.15, 0.2) is 5.96 Å². The third-order valence-corrected chi connectivity index (χ3v) is 4.48. The van der Waals surface area contributed by atoms with Crippen molar-refractivity contribution in [1.29, 1.82) is 0 Å². The Morgan fingerprint density at radius 2 is 2.21 bits per heavy atom. The van der Waals surface area contributed by atoms with E-state index in [2.05, 4.69) is 72.8 Å². The summed E-state index contributed by atoms with van der Waals surface area (Å²) in [6.07, 6.45) is 2.66. The summed E-state index contributed by atoms with van der Waals surface area (Å²) >= 11 is 3.48. The van der Waals surface area contributed by atoms with E-state index in [1.54, 1.807) is 6.26 Å². The summed E-state index contributed by atoms with van der Waals surface area (Å²) in [7, 11) is 0. The van der Waals surface area contributed by atoms with E-state index in [-0.39, 0.29) is 0 Å².